The van der Waals surface area contributed by atoms with Crippen LogP contribution < -0.4 is 5.73 Å². The van der Waals surface area contributed by atoms with Crippen LogP contribution in [0.1, 0.15) is 45.9 Å². The molecule has 1 saturated heterocycles. The van der Waals surface area contributed by atoms with Crippen LogP contribution in [0.3, 0.4) is 0 Å². The lowest BCUT2D eigenvalue weighted by Gasteiger charge is -2.31. The number of halogens is 2. The lowest BCUT2D eigenvalue weighted by molar-refractivity contribution is -0.0768. The normalized spacial score (nSPS) is 26.4. The minimum absolute atomic E-state index is 0.131. The van der Waals surface area contributed by atoms with Gasteiger partial charge in [0.1, 0.15) is 0 Å². The molecule has 3 nitrogen and oxygen atoms in total. The second kappa shape index (κ2) is 5.10. The molecule has 0 saturated carbocycles. The number of nitrogens with two attached hydrogens (primary N) is 1. The molecule has 5 heteroatoms. The summed E-state index contributed by atoms with van der Waals surface area (Å²) in [6, 6.07) is 1.84. The zero-order chi connectivity index (χ0) is 14.4. The fraction of sp³-hybridized carbons (Fsp3) is 0.643. The van der Waals surface area contributed by atoms with E-state index in [0.717, 1.165) is 21.1 Å². The fourth-order valence-electron chi connectivity index (χ4n) is 3.03. The topological polar surface area (TPSA) is 48.1 Å². The van der Waals surface area contributed by atoms with E-state index in [9.17, 15) is 0 Å². The van der Waals surface area contributed by atoms with Crippen LogP contribution in [0.5, 0.6) is 0 Å². The van der Waals surface area contributed by atoms with Gasteiger partial charge in [0.25, 0.3) is 0 Å². The third-order valence-electron chi connectivity index (χ3n) is 3.73. The molecule has 2 unspecified atom stereocenters. The van der Waals surface area contributed by atoms with Crippen molar-refractivity contribution in [3.05, 3.63) is 26.9 Å². The van der Waals surface area contributed by atoms with Crippen molar-refractivity contribution >= 4 is 31.9 Å². The van der Waals surface area contributed by atoms with Gasteiger partial charge in [0.15, 0.2) is 0 Å². The Hall–Kier alpha value is 0.0300. The number of ether oxygens (including phenoxy) is 1. The van der Waals surface area contributed by atoms with E-state index >= 15 is 0 Å². The number of hydrogen-bond acceptors (Lipinski definition) is 3. The average molecular weight is 392 g/mol. The van der Waals surface area contributed by atoms with Crippen molar-refractivity contribution in [2.75, 3.05) is 0 Å². The third-order valence-corrected chi connectivity index (χ3v) is 4.80. The molecule has 1 aliphatic rings. The molecule has 2 heterocycles. The van der Waals surface area contributed by atoms with Gasteiger partial charge in [-0.1, -0.05) is 0 Å². The second-order valence-electron chi connectivity index (χ2n) is 6.32. The van der Waals surface area contributed by atoms with E-state index in [-0.39, 0.29) is 23.2 Å². The molecule has 0 radical (unpaired) electrons. The van der Waals surface area contributed by atoms with Gasteiger partial charge in [-0.2, -0.15) is 0 Å². The highest BCUT2D eigenvalue weighted by molar-refractivity contribution is 9.11. The first-order valence-electron chi connectivity index (χ1n) is 6.39. The van der Waals surface area contributed by atoms with Crippen LogP contribution in [0.15, 0.2) is 21.2 Å². The van der Waals surface area contributed by atoms with E-state index in [1.807, 2.05) is 6.07 Å². The molecule has 2 rings (SSSR count). The Morgan fingerprint density at radius 1 is 1.37 bits per heavy atom. The summed E-state index contributed by atoms with van der Waals surface area (Å²) in [6.07, 6.45) is 2.72. The molecule has 0 spiro atoms. The first-order valence-corrected chi connectivity index (χ1v) is 7.98. The van der Waals surface area contributed by atoms with Crippen LogP contribution in [-0.2, 0) is 4.74 Å². The van der Waals surface area contributed by atoms with E-state index < -0.39 is 0 Å². The summed E-state index contributed by atoms with van der Waals surface area (Å²) in [5.41, 5.74) is 6.98. The van der Waals surface area contributed by atoms with Crippen LogP contribution in [0.4, 0.5) is 0 Å². The van der Waals surface area contributed by atoms with Crippen molar-refractivity contribution in [3.63, 3.8) is 0 Å². The summed E-state index contributed by atoms with van der Waals surface area (Å²) in [7, 11) is 0. The summed E-state index contributed by atoms with van der Waals surface area (Å²) in [5.74, 6) is 0.243. The highest BCUT2D eigenvalue weighted by Crippen LogP contribution is 2.47. The number of rotatable bonds is 2. The van der Waals surface area contributed by atoms with E-state index in [1.54, 1.807) is 6.20 Å². The molecule has 1 aliphatic heterocycles. The van der Waals surface area contributed by atoms with Gasteiger partial charge in [-0.15, -0.1) is 0 Å². The molecular weight excluding hydrogens is 372 g/mol. The minimum atomic E-state index is -0.239. The molecule has 0 aliphatic carbocycles. The van der Waals surface area contributed by atoms with Crippen LogP contribution >= 0.6 is 31.9 Å². The lowest BCUT2D eigenvalue weighted by Crippen LogP contribution is -2.36. The van der Waals surface area contributed by atoms with E-state index in [4.69, 9.17) is 10.5 Å². The molecule has 0 aromatic carbocycles. The van der Waals surface area contributed by atoms with E-state index in [1.165, 1.54) is 0 Å². The first kappa shape index (κ1) is 15.4. The van der Waals surface area contributed by atoms with Gasteiger partial charge in [0, 0.05) is 21.1 Å². The number of pyridine rings is 1. The van der Waals surface area contributed by atoms with Gasteiger partial charge < -0.3 is 10.5 Å². The number of nitrogens with zero attached hydrogens (tertiary/aromatic N) is 1. The third kappa shape index (κ3) is 3.20. The Labute approximate surface area is 131 Å². The Morgan fingerprint density at radius 2 is 2.00 bits per heavy atom. The fourth-order valence-corrected chi connectivity index (χ4v) is 4.28. The molecule has 1 aromatic rings. The van der Waals surface area contributed by atoms with E-state index in [2.05, 4.69) is 64.5 Å². The minimum Gasteiger partial charge on any atom is -0.369 e. The predicted octanol–water partition coefficient (Wildman–Crippen LogP) is 4.20. The molecule has 0 amide bonds. The number of hydrogen-bond donors (Lipinski definition) is 1. The largest absolute Gasteiger partial charge is 0.369 e. The Morgan fingerprint density at radius 3 is 2.47 bits per heavy atom. The van der Waals surface area contributed by atoms with Gasteiger partial charge in [-0.25, -0.2) is 0 Å². The Kier molecular flexibility index (Phi) is 4.14. The van der Waals surface area contributed by atoms with Crippen molar-refractivity contribution in [1.82, 2.24) is 4.98 Å². The summed E-state index contributed by atoms with van der Waals surface area (Å²) in [5, 5.41) is 0. The zero-order valence-electron chi connectivity index (χ0n) is 11.7. The monoisotopic (exact) mass is 390 g/mol. The summed E-state index contributed by atoms with van der Waals surface area (Å²) in [6.45, 7) is 8.45. The highest BCUT2D eigenvalue weighted by Gasteiger charge is 2.49. The van der Waals surface area contributed by atoms with Gasteiger partial charge in [-0.05, 0) is 72.0 Å². The average Bonchev–Trinajstić information content (AvgIpc) is 2.45. The Balaban J connectivity index is 2.31. The first-order chi connectivity index (χ1) is 8.62. The van der Waals surface area contributed by atoms with Gasteiger partial charge in [0.2, 0.25) is 0 Å². The summed E-state index contributed by atoms with van der Waals surface area (Å²) < 4.78 is 8.00. The van der Waals surface area contributed by atoms with Crippen LogP contribution in [0, 0.1) is 5.92 Å². The quantitative estimate of drug-likeness (QED) is 0.821. The van der Waals surface area contributed by atoms with Crippen LogP contribution in [-0.4, -0.2) is 16.2 Å². The standard InChI is InChI=1S/C14H20Br2N2O/c1-13(2)6-9(14(3,4)19-13)11(17)12-10(16)5-8(15)7-18-12/h5,7,9,11H,6,17H2,1-4H3. The molecule has 2 atom stereocenters. The maximum atomic E-state index is 6.46. The van der Waals surface area contributed by atoms with Crippen molar-refractivity contribution in [2.24, 2.45) is 11.7 Å². The molecular formula is C14H20Br2N2O. The van der Waals surface area contributed by atoms with Gasteiger partial charge in [-0.3, -0.25) is 4.98 Å². The number of aromatic nitrogens is 1. The maximum Gasteiger partial charge on any atom is 0.0717 e. The molecule has 2 N–H and O–H groups in total. The molecule has 19 heavy (non-hydrogen) atoms. The summed E-state index contributed by atoms with van der Waals surface area (Å²) >= 11 is 6.96. The van der Waals surface area contributed by atoms with Crippen molar-refractivity contribution in [3.8, 4) is 0 Å². The van der Waals surface area contributed by atoms with Crippen molar-refractivity contribution in [1.29, 1.82) is 0 Å². The van der Waals surface area contributed by atoms with Gasteiger partial charge >= 0.3 is 0 Å². The summed E-state index contributed by atoms with van der Waals surface area (Å²) in [4.78, 5) is 4.46. The van der Waals surface area contributed by atoms with Crippen LogP contribution in [0.2, 0.25) is 0 Å². The van der Waals surface area contributed by atoms with E-state index in [0.29, 0.717) is 0 Å². The smallest absolute Gasteiger partial charge is 0.0717 e. The van der Waals surface area contributed by atoms with Crippen molar-refractivity contribution in [2.45, 2.75) is 51.4 Å². The molecule has 106 valence electrons. The lowest BCUT2D eigenvalue weighted by atomic mass is 9.80. The highest BCUT2D eigenvalue weighted by atomic mass is 79.9. The maximum absolute atomic E-state index is 6.46. The molecule has 1 fully saturated rings. The Bertz CT molecular complexity index is 488. The van der Waals surface area contributed by atoms with Crippen LogP contribution in [0.25, 0.3) is 0 Å². The predicted molar refractivity (Wildman–Crippen MR) is 83.9 cm³/mol. The SMILES string of the molecule is CC1(C)CC(C(N)c2ncc(Br)cc2Br)C(C)(C)O1. The molecule has 0 bridgehead atoms. The second-order valence-corrected chi connectivity index (χ2v) is 8.09. The van der Waals surface area contributed by atoms with Gasteiger partial charge in [0.05, 0.1) is 22.9 Å². The zero-order valence-corrected chi connectivity index (χ0v) is 14.9. The van der Waals surface area contributed by atoms with Crippen molar-refractivity contribution < 1.29 is 4.74 Å². The molecule has 1 aromatic heterocycles.